The third-order valence-corrected chi connectivity index (χ3v) is 4.77. The Morgan fingerprint density at radius 3 is 2.38 bits per heavy atom. The summed E-state index contributed by atoms with van der Waals surface area (Å²) in [4.78, 5) is 29.9. The van der Waals surface area contributed by atoms with E-state index in [4.69, 9.17) is 0 Å². The van der Waals surface area contributed by atoms with Crippen LogP contribution in [0.15, 0.2) is 61.2 Å². The molecule has 0 unspecified atom stereocenters. The first-order valence-corrected chi connectivity index (χ1v) is 9.25. The molecule has 0 aliphatic rings. The van der Waals surface area contributed by atoms with Crippen molar-refractivity contribution in [3.63, 3.8) is 0 Å². The lowest BCUT2D eigenvalue weighted by atomic mass is 10.1. The van der Waals surface area contributed by atoms with Crippen LogP contribution in [0, 0.1) is 0 Å². The van der Waals surface area contributed by atoms with Gasteiger partial charge in [-0.05, 0) is 55.9 Å². The lowest BCUT2D eigenvalue weighted by Gasteiger charge is -2.24. The summed E-state index contributed by atoms with van der Waals surface area (Å²) < 4.78 is 1.70. The van der Waals surface area contributed by atoms with E-state index < -0.39 is 0 Å². The average molecular weight is 392 g/mol. The van der Waals surface area contributed by atoms with Crippen molar-refractivity contribution in [3.05, 3.63) is 72.3 Å². The van der Waals surface area contributed by atoms with Gasteiger partial charge in [-0.1, -0.05) is 12.1 Å². The van der Waals surface area contributed by atoms with Crippen LogP contribution in [-0.2, 0) is 4.79 Å². The highest BCUT2D eigenvalue weighted by Crippen LogP contribution is 2.20. The van der Waals surface area contributed by atoms with E-state index in [1.54, 1.807) is 42.3 Å². The predicted molar refractivity (Wildman–Crippen MR) is 111 cm³/mol. The second-order valence-corrected chi connectivity index (χ2v) is 6.73. The highest BCUT2D eigenvalue weighted by molar-refractivity contribution is 5.96. The third kappa shape index (κ3) is 5.05. The third-order valence-electron chi connectivity index (χ3n) is 4.77. The lowest BCUT2D eigenvalue weighted by molar-refractivity contribution is -0.117. The first kappa shape index (κ1) is 20.2. The summed E-state index contributed by atoms with van der Waals surface area (Å²) in [5, 5.41) is 9.54. The Balaban J connectivity index is 1.56. The molecule has 1 heterocycles. The summed E-state index contributed by atoms with van der Waals surface area (Å²) in [6.45, 7) is 2.29. The minimum atomic E-state index is -0.161. The molecule has 3 rings (SSSR count). The van der Waals surface area contributed by atoms with E-state index in [9.17, 15) is 9.59 Å². The van der Waals surface area contributed by atoms with Crippen molar-refractivity contribution in [1.82, 2.24) is 25.0 Å². The Kier molecular flexibility index (Phi) is 6.36. The lowest BCUT2D eigenvalue weighted by Crippen LogP contribution is -2.32. The molecule has 0 saturated heterocycles. The second kappa shape index (κ2) is 9.11. The van der Waals surface area contributed by atoms with E-state index >= 15 is 0 Å². The summed E-state index contributed by atoms with van der Waals surface area (Å²) in [6, 6.07) is 14.8. The topological polar surface area (TPSA) is 92.2 Å². The Labute approximate surface area is 169 Å². The normalized spacial score (nSPS) is 11.9. The molecule has 0 aliphatic carbocycles. The molecule has 2 N–H and O–H groups in total. The number of carbonyl (C=O) groups is 2. The fourth-order valence-electron chi connectivity index (χ4n) is 2.91. The van der Waals surface area contributed by atoms with Crippen LogP contribution in [0.4, 0.5) is 5.69 Å². The van der Waals surface area contributed by atoms with Crippen LogP contribution in [0.3, 0.4) is 0 Å². The largest absolute Gasteiger partial charge is 0.355 e. The molecule has 0 aliphatic heterocycles. The summed E-state index contributed by atoms with van der Waals surface area (Å²) >= 11 is 0. The monoisotopic (exact) mass is 392 g/mol. The number of benzene rings is 2. The van der Waals surface area contributed by atoms with Crippen molar-refractivity contribution in [2.75, 3.05) is 26.0 Å². The van der Waals surface area contributed by atoms with E-state index in [1.165, 1.54) is 6.33 Å². The summed E-state index contributed by atoms with van der Waals surface area (Å²) in [6.07, 6.45) is 3.14. The quantitative estimate of drug-likeness (QED) is 0.643. The van der Waals surface area contributed by atoms with Crippen LogP contribution in [-0.4, -0.2) is 52.1 Å². The number of anilines is 1. The Bertz CT molecular complexity index is 952. The molecule has 29 heavy (non-hydrogen) atoms. The Morgan fingerprint density at radius 1 is 1.10 bits per heavy atom. The molecular formula is C21H24N6O2. The molecule has 3 aromatic rings. The molecule has 8 heteroatoms. The number of likely N-dealkylation sites (N-methyl/N-ethyl adjacent to an activating group) is 1. The predicted octanol–water partition coefficient (Wildman–Crippen LogP) is 2.26. The van der Waals surface area contributed by atoms with Crippen LogP contribution in [0.1, 0.15) is 28.9 Å². The standard InChI is InChI=1S/C21H24N6O2/c1-15(16-6-10-19(11-7-16)27-14-23-13-24-27)26(3)12-20(28)25-18-8-4-17(5-9-18)21(29)22-2/h4-11,13-15H,12H2,1-3H3,(H,22,29)(H,25,28)/t15-/m0/s1. The minimum Gasteiger partial charge on any atom is -0.355 e. The number of aromatic nitrogens is 3. The van der Waals surface area contributed by atoms with Crippen LogP contribution in [0.2, 0.25) is 0 Å². The maximum Gasteiger partial charge on any atom is 0.251 e. The van der Waals surface area contributed by atoms with Gasteiger partial charge in [-0.25, -0.2) is 9.67 Å². The molecule has 0 saturated carbocycles. The van der Waals surface area contributed by atoms with Gasteiger partial charge in [0.25, 0.3) is 5.91 Å². The van der Waals surface area contributed by atoms with Crippen LogP contribution < -0.4 is 10.6 Å². The SMILES string of the molecule is CNC(=O)c1ccc(NC(=O)CN(C)[C@@H](C)c2ccc(-n3cncn3)cc2)cc1. The summed E-state index contributed by atoms with van der Waals surface area (Å²) in [5.41, 5.74) is 3.23. The van der Waals surface area contributed by atoms with E-state index in [1.807, 2.05) is 36.2 Å². The maximum atomic E-state index is 12.4. The van der Waals surface area contributed by atoms with Gasteiger partial charge in [0, 0.05) is 24.3 Å². The summed E-state index contributed by atoms with van der Waals surface area (Å²) in [7, 11) is 3.49. The first-order valence-electron chi connectivity index (χ1n) is 9.25. The van der Waals surface area contributed by atoms with Gasteiger partial charge in [0.15, 0.2) is 0 Å². The van der Waals surface area contributed by atoms with Gasteiger partial charge in [-0.15, -0.1) is 0 Å². The maximum absolute atomic E-state index is 12.4. The van der Waals surface area contributed by atoms with Crippen molar-refractivity contribution in [2.45, 2.75) is 13.0 Å². The molecule has 2 aromatic carbocycles. The number of amides is 2. The van der Waals surface area contributed by atoms with Crippen molar-refractivity contribution in [3.8, 4) is 5.69 Å². The number of carbonyl (C=O) groups excluding carboxylic acids is 2. The molecular weight excluding hydrogens is 368 g/mol. The minimum absolute atomic E-state index is 0.0566. The van der Waals surface area contributed by atoms with Gasteiger partial charge in [-0.3, -0.25) is 14.5 Å². The van der Waals surface area contributed by atoms with Gasteiger partial charge in [0.05, 0.1) is 12.2 Å². The molecule has 0 spiro atoms. The van der Waals surface area contributed by atoms with Crippen LogP contribution in [0.5, 0.6) is 0 Å². The zero-order valence-electron chi connectivity index (χ0n) is 16.7. The smallest absolute Gasteiger partial charge is 0.251 e. The Morgan fingerprint density at radius 2 is 1.79 bits per heavy atom. The number of hydrogen-bond donors (Lipinski definition) is 2. The fourth-order valence-corrected chi connectivity index (χ4v) is 2.91. The average Bonchev–Trinajstić information content (AvgIpc) is 3.28. The van der Waals surface area contributed by atoms with Crippen molar-refractivity contribution >= 4 is 17.5 Å². The van der Waals surface area contributed by atoms with Gasteiger partial charge in [0.2, 0.25) is 5.91 Å². The van der Waals surface area contributed by atoms with Gasteiger partial charge >= 0.3 is 0 Å². The van der Waals surface area contributed by atoms with E-state index in [0.717, 1.165) is 11.3 Å². The first-order chi connectivity index (χ1) is 14.0. The zero-order valence-corrected chi connectivity index (χ0v) is 16.7. The number of rotatable bonds is 7. The highest BCUT2D eigenvalue weighted by Gasteiger charge is 2.15. The van der Waals surface area contributed by atoms with Crippen molar-refractivity contribution in [1.29, 1.82) is 0 Å². The molecule has 0 fully saturated rings. The zero-order chi connectivity index (χ0) is 20.8. The van der Waals surface area contributed by atoms with Gasteiger partial charge in [0.1, 0.15) is 12.7 Å². The molecule has 1 atom stereocenters. The van der Waals surface area contributed by atoms with Crippen LogP contribution in [0.25, 0.3) is 5.69 Å². The molecule has 2 amide bonds. The molecule has 0 bridgehead atoms. The van der Waals surface area contributed by atoms with Crippen LogP contribution >= 0.6 is 0 Å². The number of hydrogen-bond acceptors (Lipinski definition) is 5. The molecule has 8 nitrogen and oxygen atoms in total. The van der Waals surface area contributed by atoms with Crippen molar-refractivity contribution in [2.24, 2.45) is 0 Å². The number of nitrogens with one attached hydrogen (secondary N) is 2. The molecule has 150 valence electrons. The fraction of sp³-hybridized carbons (Fsp3) is 0.238. The molecule has 1 aromatic heterocycles. The summed E-state index contributed by atoms with van der Waals surface area (Å²) in [5.74, 6) is -0.280. The van der Waals surface area contributed by atoms with Crippen molar-refractivity contribution < 1.29 is 9.59 Å². The van der Waals surface area contributed by atoms with E-state index in [2.05, 4.69) is 27.6 Å². The van der Waals surface area contributed by atoms with E-state index in [0.29, 0.717) is 11.3 Å². The Hall–Kier alpha value is -3.52. The molecule has 0 radical (unpaired) electrons. The number of nitrogens with zero attached hydrogens (tertiary/aromatic N) is 4. The highest BCUT2D eigenvalue weighted by atomic mass is 16.2. The van der Waals surface area contributed by atoms with Gasteiger partial charge < -0.3 is 10.6 Å². The van der Waals surface area contributed by atoms with Gasteiger partial charge in [-0.2, -0.15) is 5.10 Å². The second-order valence-electron chi connectivity index (χ2n) is 6.73. The van der Waals surface area contributed by atoms with E-state index in [-0.39, 0.29) is 24.4 Å².